The summed E-state index contributed by atoms with van der Waals surface area (Å²) in [5, 5.41) is 9.62. The number of alkyl halides is 11. The van der Waals surface area contributed by atoms with Crippen LogP contribution >= 0.6 is 0 Å². The van der Waals surface area contributed by atoms with Crippen molar-refractivity contribution >= 4 is 5.69 Å². The number of nitrogens with zero attached hydrogens (tertiary/aromatic N) is 2. The summed E-state index contributed by atoms with van der Waals surface area (Å²) in [6.07, 6.45) is -17.4. The average Bonchev–Trinajstić information content (AvgIpc) is 2.82. The van der Waals surface area contributed by atoms with Gasteiger partial charge in [0.2, 0.25) is 0 Å². The average molecular weight is 574 g/mol. The van der Waals surface area contributed by atoms with E-state index in [1.807, 2.05) is 0 Å². The largest absolute Gasteiger partial charge is 0.458 e. The van der Waals surface area contributed by atoms with E-state index in [1.165, 1.54) is 18.2 Å². The molecule has 39 heavy (non-hydrogen) atoms. The topological polar surface area (TPSA) is 45.6 Å². The van der Waals surface area contributed by atoms with Crippen molar-refractivity contribution in [2.24, 2.45) is 0 Å². The molecule has 3 rings (SSSR count). The second-order valence-electron chi connectivity index (χ2n) is 8.18. The molecule has 3 aromatic rings. The highest BCUT2D eigenvalue weighted by molar-refractivity contribution is 5.53. The monoisotopic (exact) mass is 574 g/mol. The Kier molecular flexibility index (Phi) is 8.34. The lowest BCUT2D eigenvalue weighted by atomic mass is 10.0. The Labute approximate surface area is 213 Å². The van der Waals surface area contributed by atoms with Crippen LogP contribution in [0.25, 0.3) is 0 Å². The zero-order chi connectivity index (χ0) is 29.2. The second kappa shape index (κ2) is 10.9. The van der Waals surface area contributed by atoms with Crippen LogP contribution in [0.15, 0.2) is 67.0 Å². The Morgan fingerprint density at radius 1 is 0.846 bits per heavy atom. The first-order valence-corrected chi connectivity index (χ1v) is 10.7. The van der Waals surface area contributed by atoms with Crippen LogP contribution in [0.1, 0.15) is 16.7 Å². The lowest BCUT2D eigenvalue weighted by Crippen LogP contribution is -2.41. The van der Waals surface area contributed by atoms with Crippen molar-refractivity contribution in [1.29, 1.82) is 0 Å². The lowest BCUT2D eigenvalue weighted by Gasteiger charge is -2.29. The summed E-state index contributed by atoms with van der Waals surface area (Å²) in [5.74, 6) is -6.22. The molecule has 0 saturated heterocycles. The molecule has 0 amide bonds. The Morgan fingerprint density at radius 2 is 1.51 bits per heavy atom. The normalized spacial score (nSPS) is 13.7. The Bertz CT molecular complexity index is 1270. The highest BCUT2D eigenvalue weighted by atomic mass is 19.4. The number of benzene rings is 2. The maximum atomic E-state index is 13.8. The van der Waals surface area contributed by atoms with Gasteiger partial charge < -0.3 is 14.7 Å². The molecule has 0 bridgehead atoms. The molecule has 1 aromatic heterocycles. The number of ether oxygens (including phenoxy) is 1. The zero-order valence-corrected chi connectivity index (χ0v) is 19.2. The summed E-state index contributed by atoms with van der Waals surface area (Å²) in [6.45, 7) is -1.89. The fraction of sp³-hybridized carbons (Fsp3) is 0.292. The predicted octanol–water partition coefficient (Wildman–Crippen LogP) is 7.48. The molecular weight excluding hydrogens is 557 g/mol. The number of halogens is 11. The van der Waals surface area contributed by atoms with E-state index in [0.717, 1.165) is 35.4 Å². The summed E-state index contributed by atoms with van der Waals surface area (Å²) in [7, 11) is 0. The smallest absolute Gasteiger partial charge is 0.457 e. The Morgan fingerprint density at radius 3 is 2.13 bits per heavy atom. The van der Waals surface area contributed by atoms with E-state index < -0.39 is 60.5 Å². The molecule has 1 atom stereocenters. The van der Waals surface area contributed by atoms with Gasteiger partial charge in [-0.1, -0.05) is 24.3 Å². The predicted molar refractivity (Wildman–Crippen MR) is 115 cm³/mol. The SMILES string of the molecule is O[C@H](CN(Cc1cccc(C(F)(F)C(F)(F)F)c1)c1cccc(Oc2ccncc2C(F)(F)F)c1)C(F)(F)F. The highest BCUT2D eigenvalue weighted by Crippen LogP contribution is 2.44. The molecule has 0 spiro atoms. The van der Waals surface area contributed by atoms with Crippen LogP contribution in [-0.2, 0) is 18.6 Å². The standard InChI is InChI=1S/C24H17F11N2O2/c25-21(26,24(33,34)35)15-4-1-3-14(9-15)12-37(13-20(38)23(30,31)32)16-5-2-6-17(10-16)39-19-7-8-36-11-18(19)22(27,28)29/h1-11,20,38H,12-13H2/t20-/m1/s1. The third-order valence-corrected chi connectivity index (χ3v) is 5.29. The van der Waals surface area contributed by atoms with E-state index in [-0.39, 0.29) is 17.0 Å². The molecule has 1 heterocycles. The minimum atomic E-state index is -5.94. The molecule has 212 valence electrons. The summed E-state index contributed by atoms with van der Waals surface area (Å²) in [4.78, 5) is 4.17. The molecule has 0 fully saturated rings. The summed E-state index contributed by atoms with van der Waals surface area (Å²) in [6, 6.07) is 8.33. The van der Waals surface area contributed by atoms with Crippen LogP contribution in [0.3, 0.4) is 0 Å². The molecule has 0 saturated carbocycles. The summed E-state index contributed by atoms with van der Waals surface area (Å²) >= 11 is 0. The van der Waals surface area contributed by atoms with Gasteiger partial charge in [-0.05, 0) is 29.8 Å². The van der Waals surface area contributed by atoms with Crippen molar-refractivity contribution in [2.45, 2.75) is 37.1 Å². The molecule has 1 N–H and O–H groups in total. The van der Waals surface area contributed by atoms with Crippen molar-refractivity contribution in [2.75, 3.05) is 11.4 Å². The number of pyridine rings is 1. The Balaban J connectivity index is 1.98. The van der Waals surface area contributed by atoms with Crippen molar-refractivity contribution in [3.8, 4) is 11.5 Å². The maximum Gasteiger partial charge on any atom is 0.458 e. The second-order valence-corrected chi connectivity index (χ2v) is 8.18. The van der Waals surface area contributed by atoms with Crippen molar-refractivity contribution in [3.05, 3.63) is 83.7 Å². The zero-order valence-electron chi connectivity index (χ0n) is 19.2. The molecule has 4 nitrogen and oxygen atoms in total. The van der Waals surface area contributed by atoms with Gasteiger partial charge in [-0.3, -0.25) is 4.98 Å². The fourth-order valence-electron chi connectivity index (χ4n) is 3.38. The number of aliphatic hydroxyl groups excluding tert-OH is 1. The Hall–Kier alpha value is -3.62. The number of anilines is 1. The van der Waals surface area contributed by atoms with E-state index in [1.54, 1.807) is 0 Å². The quantitative estimate of drug-likeness (QED) is 0.284. The van der Waals surface area contributed by atoms with Crippen LogP contribution in [0.2, 0.25) is 0 Å². The summed E-state index contributed by atoms with van der Waals surface area (Å²) < 4.78 is 150. The van der Waals surface area contributed by atoms with Gasteiger partial charge in [0.1, 0.15) is 17.1 Å². The third kappa shape index (κ3) is 7.28. The fourth-order valence-corrected chi connectivity index (χ4v) is 3.38. The number of hydrogen-bond acceptors (Lipinski definition) is 4. The molecule has 0 aliphatic heterocycles. The minimum absolute atomic E-state index is 0.175. The van der Waals surface area contributed by atoms with Gasteiger partial charge in [-0.2, -0.15) is 48.3 Å². The van der Waals surface area contributed by atoms with E-state index >= 15 is 0 Å². The first-order chi connectivity index (χ1) is 17.9. The van der Waals surface area contributed by atoms with E-state index in [0.29, 0.717) is 18.3 Å². The molecule has 0 aliphatic carbocycles. The molecule has 0 aliphatic rings. The molecule has 2 aromatic carbocycles. The number of rotatable bonds is 8. The van der Waals surface area contributed by atoms with Crippen molar-refractivity contribution in [3.63, 3.8) is 0 Å². The van der Waals surface area contributed by atoms with Gasteiger partial charge >= 0.3 is 24.5 Å². The van der Waals surface area contributed by atoms with Gasteiger partial charge in [-0.25, -0.2) is 0 Å². The van der Waals surface area contributed by atoms with E-state index in [4.69, 9.17) is 4.74 Å². The van der Waals surface area contributed by atoms with Crippen molar-refractivity contribution in [1.82, 2.24) is 4.98 Å². The lowest BCUT2D eigenvalue weighted by molar-refractivity contribution is -0.289. The summed E-state index contributed by atoms with van der Waals surface area (Å²) in [5.41, 5.74) is -3.16. The molecule has 0 radical (unpaired) electrons. The van der Waals surface area contributed by atoms with Gasteiger partial charge in [0.25, 0.3) is 0 Å². The maximum absolute atomic E-state index is 13.8. The first-order valence-electron chi connectivity index (χ1n) is 10.7. The van der Waals surface area contributed by atoms with Gasteiger partial charge in [-0.15, -0.1) is 0 Å². The molecule has 0 unspecified atom stereocenters. The van der Waals surface area contributed by atoms with Crippen molar-refractivity contribution < 1.29 is 58.1 Å². The van der Waals surface area contributed by atoms with Gasteiger partial charge in [0.15, 0.2) is 6.10 Å². The molecular formula is C24H17F11N2O2. The minimum Gasteiger partial charge on any atom is -0.457 e. The third-order valence-electron chi connectivity index (χ3n) is 5.29. The molecule has 15 heteroatoms. The van der Waals surface area contributed by atoms with E-state index in [2.05, 4.69) is 4.98 Å². The number of hydrogen-bond donors (Lipinski definition) is 1. The van der Waals surface area contributed by atoms with Crippen LogP contribution in [-0.4, -0.2) is 35.1 Å². The van der Waals surface area contributed by atoms with Gasteiger partial charge in [0.05, 0.1) is 6.54 Å². The van der Waals surface area contributed by atoms with Crippen LogP contribution in [0, 0.1) is 0 Å². The number of aliphatic hydroxyl groups is 1. The van der Waals surface area contributed by atoms with Crippen LogP contribution in [0.5, 0.6) is 11.5 Å². The highest BCUT2D eigenvalue weighted by Gasteiger charge is 2.58. The number of aromatic nitrogens is 1. The van der Waals surface area contributed by atoms with Crippen LogP contribution < -0.4 is 9.64 Å². The first kappa shape index (κ1) is 29.9. The van der Waals surface area contributed by atoms with Gasteiger partial charge in [0, 0.05) is 36.3 Å². The van der Waals surface area contributed by atoms with Crippen LogP contribution in [0.4, 0.5) is 54.0 Å². The van der Waals surface area contributed by atoms with E-state index in [9.17, 15) is 53.4 Å².